The number of hydrogen-bond acceptors (Lipinski definition) is 6. The topological polar surface area (TPSA) is 110 Å². The van der Waals surface area contributed by atoms with Crippen molar-refractivity contribution >= 4 is 33.3 Å². The zero-order chi connectivity index (χ0) is 23.5. The Morgan fingerprint density at radius 3 is 2.38 bits per heavy atom. The third-order valence-corrected chi connectivity index (χ3v) is 8.68. The van der Waals surface area contributed by atoms with Crippen LogP contribution < -0.4 is 4.74 Å². The molecule has 1 aromatic carbocycles. The number of carboxylic acid groups (broad SMARTS) is 1. The molecule has 0 bridgehead atoms. The van der Waals surface area contributed by atoms with Gasteiger partial charge in [-0.2, -0.15) is 13.2 Å². The van der Waals surface area contributed by atoms with Crippen LogP contribution in [0.3, 0.4) is 0 Å². The van der Waals surface area contributed by atoms with Gasteiger partial charge in [0.25, 0.3) is 0 Å². The zero-order valence-corrected chi connectivity index (χ0v) is 18.0. The van der Waals surface area contributed by atoms with E-state index in [-0.39, 0.29) is 16.0 Å². The summed E-state index contributed by atoms with van der Waals surface area (Å²) in [4.78, 5) is 24.5. The Kier molecular flexibility index (Phi) is 5.61. The number of nitrogens with zero attached hydrogens (tertiary/aromatic N) is 1. The number of hydrogen-bond donors (Lipinski definition) is 1. The maximum Gasteiger partial charge on any atom is 0.403 e. The van der Waals surface area contributed by atoms with Crippen LogP contribution in [0.25, 0.3) is 0 Å². The maximum absolute atomic E-state index is 13.4. The molecule has 1 amide bonds. The van der Waals surface area contributed by atoms with Gasteiger partial charge in [-0.05, 0) is 31.4 Å². The van der Waals surface area contributed by atoms with E-state index in [1.165, 1.54) is 18.2 Å². The molecule has 2 saturated heterocycles. The first kappa shape index (κ1) is 23.1. The number of benzene rings is 1. The van der Waals surface area contributed by atoms with Crippen LogP contribution in [0.15, 0.2) is 23.1 Å². The first-order valence-corrected chi connectivity index (χ1v) is 11.7. The van der Waals surface area contributed by atoms with Gasteiger partial charge in [-0.1, -0.05) is 11.6 Å². The zero-order valence-electron chi connectivity index (χ0n) is 16.5. The van der Waals surface area contributed by atoms with Gasteiger partial charge in [-0.15, -0.1) is 0 Å². The summed E-state index contributed by atoms with van der Waals surface area (Å²) in [5, 5.41) is 7.87. The lowest BCUT2D eigenvalue weighted by Crippen LogP contribution is -2.48. The molecule has 1 aromatic rings. The van der Waals surface area contributed by atoms with Gasteiger partial charge in [0.2, 0.25) is 5.91 Å². The van der Waals surface area contributed by atoms with Crippen molar-refractivity contribution in [1.29, 1.82) is 0 Å². The second-order valence-corrected chi connectivity index (χ2v) is 10.8. The number of aliphatic carboxylic acids is 1. The molecule has 0 radical (unpaired) electrons. The molecule has 1 N–H and O–H groups in total. The van der Waals surface area contributed by atoms with Crippen molar-refractivity contribution in [3.63, 3.8) is 0 Å². The quantitative estimate of drug-likeness (QED) is 0.642. The number of likely N-dealkylation sites (tertiary alicyclic amines) is 1. The average molecular weight is 498 g/mol. The predicted molar refractivity (Wildman–Crippen MR) is 103 cm³/mol. The second-order valence-electron chi connectivity index (χ2n) is 8.16. The minimum atomic E-state index is -4.84. The van der Waals surface area contributed by atoms with Crippen molar-refractivity contribution in [2.75, 3.05) is 19.8 Å². The van der Waals surface area contributed by atoms with E-state index in [2.05, 4.69) is 0 Å². The number of ether oxygens (including phenoxy) is 2. The van der Waals surface area contributed by atoms with Gasteiger partial charge in [0.15, 0.2) is 9.84 Å². The van der Waals surface area contributed by atoms with Crippen LogP contribution in [-0.2, 0) is 24.2 Å². The normalized spacial score (nSPS) is 25.3. The Morgan fingerprint density at radius 1 is 1.25 bits per heavy atom. The van der Waals surface area contributed by atoms with E-state index < -0.39 is 70.4 Å². The van der Waals surface area contributed by atoms with Crippen molar-refractivity contribution in [2.45, 2.75) is 47.7 Å². The van der Waals surface area contributed by atoms with Crippen LogP contribution in [0.4, 0.5) is 13.2 Å². The van der Waals surface area contributed by atoms with E-state index in [4.69, 9.17) is 21.1 Å². The van der Waals surface area contributed by atoms with Crippen LogP contribution in [0.1, 0.15) is 19.3 Å². The van der Waals surface area contributed by atoms with Crippen LogP contribution in [0.5, 0.6) is 5.75 Å². The number of rotatable bonds is 6. The maximum atomic E-state index is 13.4. The van der Waals surface area contributed by atoms with Gasteiger partial charge in [-0.3, -0.25) is 4.79 Å². The van der Waals surface area contributed by atoms with E-state index in [0.29, 0.717) is 23.9 Å². The van der Waals surface area contributed by atoms with Crippen molar-refractivity contribution in [3.8, 4) is 5.75 Å². The standard InChI is InChI=1S/C19H19ClF3NO7S/c20-13-5-10(31-11-8-30-9-11)1-2-15(13)32(28,29)12-6-14(16(25)26)24(7-12)17(27)18(3-4-18)19(21,22)23/h1-2,5,11-12,14H,3-4,6-9H2,(H,25,26)/t12-,14+/m1/s1. The third-order valence-electron chi connectivity index (χ3n) is 6.07. The summed E-state index contributed by atoms with van der Waals surface area (Å²) in [6.07, 6.45) is -6.45. The number of halogens is 4. The van der Waals surface area contributed by atoms with E-state index >= 15 is 0 Å². The molecule has 2 atom stereocenters. The Bertz CT molecular complexity index is 1050. The Balaban J connectivity index is 1.58. The molecule has 1 saturated carbocycles. The van der Waals surface area contributed by atoms with E-state index in [0.717, 1.165) is 0 Å². The van der Waals surface area contributed by atoms with Crippen molar-refractivity contribution < 1.29 is 45.8 Å². The van der Waals surface area contributed by atoms with Crippen LogP contribution in [-0.4, -0.2) is 73.6 Å². The molecular weight excluding hydrogens is 479 g/mol. The van der Waals surface area contributed by atoms with Gasteiger partial charge in [0, 0.05) is 12.6 Å². The van der Waals surface area contributed by atoms with E-state index in [1.54, 1.807) is 0 Å². The molecule has 1 aliphatic carbocycles. The Hall–Kier alpha value is -2.05. The lowest BCUT2D eigenvalue weighted by Gasteiger charge is -2.28. The number of carboxylic acids is 1. The van der Waals surface area contributed by atoms with Gasteiger partial charge in [0.1, 0.15) is 23.3 Å². The second kappa shape index (κ2) is 7.77. The molecular formula is C19H19ClF3NO7S. The minimum Gasteiger partial charge on any atom is -0.486 e. The van der Waals surface area contributed by atoms with Crippen LogP contribution in [0, 0.1) is 5.41 Å². The fourth-order valence-corrected chi connectivity index (χ4v) is 6.17. The predicted octanol–water partition coefficient (Wildman–Crippen LogP) is 2.29. The monoisotopic (exact) mass is 497 g/mol. The molecule has 2 heterocycles. The summed E-state index contributed by atoms with van der Waals surface area (Å²) in [6, 6.07) is 2.20. The summed E-state index contributed by atoms with van der Waals surface area (Å²) < 4.78 is 77.0. The molecule has 176 valence electrons. The van der Waals surface area contributed by atoms with Gasteiger partial charge in [-0.25, -0.2) is 13.2 Å². The molecule has 4 rings (SSSR count). The lowest BCUT2D eigenvalue weighted by molar-refractivity contribution is -0.199. The molecule has 32 heavy (non-hydrogen) atoms. The van der Waals surface area contributed by atoms with Crippen LogP contribution >= 0.6 is 11.6 Å². The molecule has 0 spiro atoms. The molecule has 8 nitrogen and oxygen atoms in total. The number of carbonyl (C=O) groups excluding carboxylic acids is 1. The number of alkyl halides is 3. The highest BCUT2D eigenvalue weighted by atomic mass is 35.5. The van der Waals surface area contributed by atoms with Crippen molar-refractivity contribution in [1.82, 2.24) is 4.90 Å². The van der Waals surface area contributed by atoms with E-state index in [1.807, 2.05) is 0 Å². The summed E-state index contributed by atoms with van der Waals surface area (Å²) in [6.45, 7) is 0.114. The molecule has 3 fully saturated rings. The number of sulfone groups is 1. The lowest BCUT2D eigenvalue weighted by atomic mass is 10.0. The Labute approximate surface area is 186 Å². The third kappa shape index (κ3) is 3.81. The summed E-state index contributed by atoms with van der Waals surface area (Å²) in [7, 11) is -4.25. The van der Waals surface area contributed by atoms with Gasteiger partial charge >= 0.3 is 12.1 Å². The highest BCUT2D eigenvalue weighted by molar-refractivity contribution is 7.92. The largest absolute Gasteiger partial charge is 0.486 e. The van der Waals surface area contributed by atoms with E-state index in [9.17, 15) is 36.3 Å². The molecule has 3 aliphatic rings. The highest BCUT2D eigenvalue weighted by Crippen LogP contribution is 2.59. The van der Waals surface area contributed by atoms with Gasteiger partial charge < -0.3 is 19.5 Å². The highest BCUT2D eigenvalue weighted by Gasteiger charge is 2.70. The number of carbonyl (C=O) groups is 2. The van der Waals surface area contributed by atoms with Crippen molar-refractivity contribution in [3.05, 3.63) is 23.2 Å². The minimum absolute atomic E-state index is 0.173. The first-order valence-electron chi connectivity index (χ1n) is 9.75. The first-order chi connectivity index (χ1) is 14.9. The smallest absolute Gasteiger partial charge is 0.403 e. The molecule has 2 aliphatic heterocycles. The average Bonchev–Trinajstić information content (AvgIpc) is 3.36. The molecule has 0 unspecified atom stereocenters. The summed E-state index contributed by atoms with van der Waals surface area (Å²) >= 11 is 6.14. The fourth-order valence-electron chi connectivity index (χ4n) is 3.94. The van der Waals surface area contributed by atoms with Crippen molar-refractivity contribution in [2.24, 2.45) is 5.41 Å². The van der Waals surface area contributed by atoms with Crippen LogP contribution in [0.2, 0.25) is 5.02 Å². The Morgan fingerprint density at radius 2 is 1.91 bits per heavy atom. The summed E-state index contributed by atoms with van der Waals surface area (Å²) in [5.74, 6) is -2.64. The number of amides is 1. The fraction of sp³-hybridized carbons (Fsp3) is 0.579. The molecule has 0 aromatic heterocycles. The summed E-state index contributed by atoms with van der Waals surface area (Å²) in [5.41, 5.74) is -2.64. The SMILES string of the molecule is O=C(O)[C@@H]1C[C@@H](S(=O)(=O)c2ccc(OC3COC3)cc2Cl)CN1C(=O)C1(C(F)(F)F)CC1. The molecule has 13 heteroatoms. The van der Waals surface area contributed by atoms with Gasteiger partial charge in [0.05, 0.1) is 28.4 Å².